The zero-order chi connectivity index (χ0) is 25.3. The minimum Gasteiger partial charge on any atom is -0.443 e. The van der Waals surface area contributed by atoms with Crippen LogP contribution >= 0.6 is 0 Å². The fourth-order valence-corrected chi connectivity index (χ4v) is 5.69. The summed E-state index contributed by atoms with van der Waals surface area (Å²) in [6, 6.07) is 20.1. The zero-order valence-electron chi connectivity index (χ0n) is 20.4. The SMILES string of the molecule is Cc1cc(N)nc(C)c1CNC(=O)c1ccc2c(c1)C1OC2c2cc(-c3cccc4ncoc34)ccc21. The van der Waals surface area contributed by atoms with E-state index in [1.54, 1.807) is 0 Å². The van der Waals surface area contributed by atoms with Crippen LogP contribution in [0.25, 0.3) is 22.2 Å². The second kappa shape index (κ2) is 8.01. The number of fused-ring (bicyclic) bond motifs is 9. The number of nitrogens with two attached hydrogens (primary N) is 1. The number of para-hydroxylation sites is 1. The van der Waals surface area contributed by atoms with Crippen LogP contribution in [-0.4, -0.2) is 15.9 Å². The molecular formula is C30H24N4O3. The van der Waals surface area contributed by atoms with Crippen molar-refractivity contribution in [3.63, 3.8) is 0 Å². The second-order valence-corrected chi connectivity index (χ2v) is 9.70. The smallest absolute Gasteiger partial charge is 0.251 e. The molecule has 0 aliphatic carbocycles. The third-order valence-electron chi connectivity index (χ3n) is 7.51. The van der Waals surface area contributed by atoms with Gasteiger partial charge in [0.25, 0.3) is 5.91 Å². The third-order valence-corrected chi connectivity index (χ3v) is 7.51. The summed E-state index contributed by atoms with van der Waals surface area (Å²) in [5.74, 6) is 0.359. The lowest BCUT2D eigenvalue weighted by Gasteiger charge is -2.18. The lowest BCUT2D eigenvalue weighted by Crippen LogP contribution is -2.24. The normalized spacial score (nSPS) is 17.1. The molecule has 0 fully saturated rings. The van der Waals surface area contributed by atoms with Crippen molar-refractivity contribution < 1.29 is 13.9 Å². The Balaban J connectivity index is 1.16. The van der Waals surface area contributed by atoms with Gasteiger partial charge in [-0.2, -0.15) is 0 Å². The highest BCUT2D eigenvalue weighted by Gasteiger charge is 2.43. The topological polar surface area (TPSA) is 103 Å². The lowest BCUT2D eigenvalue weighted by molar-refractivity contribution is 0.0857. The highest BCUT2D eigenvalue weighted by molar-refractivity contribution is 5.95. The predicted octanol–water partition coefficient (Wildman–Crippen LogP) is 5.54. The highest BCUT2D eigenvalue weighted by Crippen LogP contribution is 2.55. The molecule has 0 saturated carbocycles. The minimum atomic E-state index is -0.177. The van der Waals surface area contributed by atoms with Gasteiger partial charge in [-0.05, 0) is 83.1 Å². The van der Waals surface area contributed by atoms with Gasteiger partial charge in [-0.3, -0.25) is 4.79 Å². The van der Waals surface area contributed by atoms with Gasteiger partial charge in [0.2, 0.25) is 0 Å². The monoisotopic (exact) mass is 488 g/mol. The molecule has 7 rings (SSSR count). The van der Waals surface area contributed by atoms with Crippen molar-refractivity contribution in [1.82, 2.24) is 15.3 Å². The molecule has 0 saturated heterocycles. The van der Waals surface area contributed by atoms with Crippen molar-refractivity contribution in [1.29, 1.82) is 0 Å². The Kier molecular flexibility index (Phi) is 4.71. The maximum Gasteiger partial charge on any atom is 0.251 e. The molecule has 1 amide bonds. The summed E-state index contributed by atoms with van der Waals surface area (Å²) in [7, 11) is 0. The van der Waals surface area contributed by atoms with Gasteiger partial charge in [-0.1, -0.05) is 30.3 Å². The minimum absolute atomic E-state index is 0.128. The van der Waals surface area contributed by atoms with Crippen molar-refractivity contribution in [2.24, 2.45) is 0 Å². The first-order valence-corrected chi connectivity index (χ1v) is 12.2. The number of rotatable bonds is 4. The number of nitrogens with one attached hydrogen (secondary N) is 1. The fraction of sp³-hybridized carbons (Fsp3) is 0.167. The summed E-state index contributed by atoms with van der Waals surface area (Å²) in [5, 5.41) is 3.03. The molecule has 2 atom stereocenters. The predicted molar refractivity (Wildman–Crippen MR) is 140 cm³/mol. The number of carbonyl (C=O) groups is 1. The maximum absolute atomic E-state index is 13.0. The number of hydrogen-bond acceptors (Lipinski definition) is 6. The second-order valence-electron chi connectivity index (χ2n) is 9.70. The van der Waals surface area contributed by atoms with E-state index in [4.69, 9.17) is 14.9 Å². The van der Waals surface area contributed by atoms with Gasteiger partial charge in [0.15, 0.2) is 12.0 Å². The van der Waals surface area contributed by atoms with Crippen LogP contribution in [0.3, 0.4) is 0 Å². The molecule has 2 unspecified atom stereocenters. The summed E-state index contributed by atoms with van der Waals surface area (Å²) in [6.45, 7) is 4.28. The Labute approximate surface area is 213 Å². The number of amides is 1. The molecule has 2 aliphatic heterocycles. The largest absolute Gasteiger partial charge is 0.443 e. The zero-order valence-corrected chi connectivity index (χ0v) is 20.4. The number of benzene rings is 3. The van der Waals surface area contributed by atoms with Crippen LogP contribution in [0.5, 0.6) is 0 Å². The average Bonchev–Trinajstić information content (AvgIpc) is 3.61. The van der Waals surface area contributed by atoms with Gasteiger partial charge in [0.1, 0.15) is 23.5 Å². The first kappa shape index (κ1) is 21.8. The molecule has 0 spiro atoms. The van der Waals surface area contributed by atoms with Crippen LogP contribution in [0, 0.1) is 13.8 Å². The van der Waals surface area contributed by atoms with Gasteiger partial charge in [-0.15, -0.1) is 0 Å². The Hall–Kier alpha value is -4.49. The van der Waals surface area contributed by atoms with Crippen LogP contribution < -0.4 is 11.1 Å². The fourth-order valence-electron chi connectivity index (χ4n) is 5.69. The van der Waals surface area contributed by atoms with Crippen molar-refractivity contribution in [3.8, 4) is 11.1 Å². The molecule has 2 aliphatic rings. The quantitative estimate of drug-likeness (QED) is 0.344. The third kappa shape index (κ3) is 3.35. The summed E-state index contributed by atoms with van der Waals surface area (Å²) < 4.78 is 12.0. The Morgan fingerprint density at radius 2 is 1.76 bits per heavy atom. The molecule has 37 heavy (non-hydrogen) atoms. The maximum atomic E-state index is 13.0. The summed E-state index contributed by atoms with van der Waals surface area (Å²) >= 11 is 0. The number of anilines is 1. The lowest BCUT2D eigenvalue weighted by atomic mass is 9.83. The van der Waals surface area contributed by atoms with E-state index in [1.165, 1.54) is 6.39 Å². The van der Waals surface area contributed by atoms with E-state index in [-0.39, 0.29) is 18.1 Å². The van der Waals surface area contributed by atoms with Crippen molar-refractivity contribution in [3.05, 3.63) is 112 Å². The number of aryl methyl sites for hydroxylation is 2. The number of carbonyl (C=O) groups excluding carboxylic acids is 1. The van der Waals surface area contributed by atoms with Gasteiger partial charge < -0.3 is 20.2 Å². The van der Waals surface area contributed by atoms with E-state index in [9.17, 15) is 4.79 Å². The van der Waals surface area contributed by atoms with Crippen molar-refractivity contribution in [2.45, 2.75) is 32.6 Å². The number of nitrogen functional groups attached to an aromatic ring is 1. The molecule has 0 radical (unpaired) electrons. The molecule has 182 valence electrons. The van der Waals surface area contributed by atoms with Crippen LogP contribution in [0.4, 0.5) is 5.82 Å². The molecule has 2 bridgehead atoms. The molecule has 5 aromatic rings. The Morgan fingerprint density at radius 3 is 2.57 bits per heavy atom. The van der Waals surface area contributed by atoms with Gasteiger partial charge >= 0.3 is 0 Å². The van der Waals surface area contributed by atoms with E-state index >= 15 is 0 Å². The van der Waals surface area contributed by atoms with Crippen LogP contribution in [0.2, 0.25) is 0 Å². The number of ether oxygens (including phenoxy) is 1. The molecule has 2 aromatic heterocycles. The summed E-state index contributed by atoms with van der Waals surface area (Å²) in [4.78, 5) is 21.6. The Morgan fingerprint density at radius 1 is 0.973 bits per heavy atom. The molecule has 3 N–H and O–H groups in total. The van der Waals surface area contributed by atoms with Crippen LogP contribution in [-0.2, 0) is 11.3 Å². The first-order valence-electron chi connectivity index (χ1n) is 12.2. The first-order chi connectivity index (χ1) is 18.0. The molecular weight excluding hydrogens is 464 g/mol. The molecule has 3 aromatic carbocycles. The number of hydrogen-bond donors (Lipinski definition) is 2. The average molecular weight is 489 g/mol. The van der Waals surface area contributed by atoms with Gasteiger partial charge in [-0.25, -0.2) is 9.97 Å². The van der Waals surface area contributed by atoms with E-state index in [2.05, 4.69) is 33.5 Å². The standard InChI is InChI=1S/C30H24N4O3/c1-15-10-26(31)34-16(2)24(15)13-32-30(35)18-7-9-21-23(12-18)28-20-8-6-17(11-22(20)27(21)37-28)19-4-3-5-25-29(19)36-14-33-25/h3-12,14,27-28H,13H2,1-2H3,(H2,31,34)(H,32,35). The van der Waals surface area contributed by atoms with E-state index in [1.807, 2.05) is 56.3 Å². The van der Waals surface area contributed by atoms with Crippen molar-refractivity contribution >= 4 is 22.8 Å². The number of nitrogens with zero attached hydrogens (tertiary/aromatic N) is 2. The van der Waals surface area contributed by atoms with E-state index in [0.29, 0.717) is 17.9 Å². The van der Waals surface area contributed by atoms with E-state index < -0.39 is 0 Å². The van der Waals surface area contributed by atoms with Crippen LogP contribution in [0.1, 0.15) is 61.6 Å². The summed E-state index contributed by atoms with van der Waals surface area (Å²) in [5.41, 5.74) is 17.4. The van der Waals surface area contributed by atoms with E-state index in [0.717, 1.165) is 61.3 Å². The van der Waals surface area contributed by atoms with Crippen molar-refractivity contribution in [2.75, 3.05) is 5.73 Å². The highest BCUT2D eigenvalue weighted by atomic mass is 16.5. The summed E-state index contributed by atoms with van der Waals surface area (Å²) in [6.07, 6.45) is 1.15. The van der Waals surface area contributed by atoms with Gasteiger partial charge in [0, 0.05) is 23.4 Å². The number of oxazole rings is 1. The molecule has 4 heterocycles. The number of aromatic nitrogens is 2. The number of pyridine rings is 1. The molecule has 7 nitrogen and oxygen atoms in total. The van der Waals surface area contributed by atoms with Crippen LogP contribution in [0.15, 0.2) is 71.5 Å². The Bertz CT molecular complexity index is 1720. The van der Waals surface area contributed by atoms with Gasteiger partial charge in [0.05, 0.1) is 0 Å². The molecule has 7 heteroatoms.